The fourth-order valence-corrected chi connectivity index (χ4v) is 1.66. The van der Waals surface area contributed by atoms with Crippen molar-refractivity contribution < 1.29 is 19.5 Å². The van der Waals surface area contributed by atoms with Gasteiger partial charge in [0.05, 0.1) is 6.20 Å². The largest absolute Gasteiger partial charge is 0.480 e. The van der Waals surface area contributed by atoms with Crippen LogP contribution >= 0.6 is 0 Å². The van der Waals surface area contributed by atoms with Gasteiger partial charge in [0.2, 0.25) is 5.91 Å². The predicted octanol–water partition coefficient (Wildman–Crippen LogP) is -0.405. The highest BCUT2D eigenvalue weighted by atomic mass is 16.4. The maximum atomic E-state index is 12.0. The van der Waals surface area contributed by atoms with Gasteiger partial charge in [-0.3, -0.25) is 9.59 Å². The predicted molar refractivity (Wildman–Crippen MR) is 77.1 cm³/mol. The van der Waals surface area contributed by atoms with Gasteiger partial charge in [-0.25, -0.2) is 9.48 Å². The summed E-state index contributed by atoms with van der Waals surface area (Å²) in [6.45, 7) is 3.54. The zero-order chi connectivity index (χ0) is 16.9. The van der Waals surface area contributed by atoms with Crippen molar-refractivity contribution in [3.05, 3.63) is 11.9 Å². The van der Waals surface area contributed by atoms with E-state index in [1.807, 2.05) is 6.92 Å². The van der Waals surface area contributed by atoms with Crippen LogP contribution in [0.15, 0.2) is 6.20 Å². The Labute approximate surface area is 128 Å². The van der Waals surface area contributed by atoms with Crippen LogP contribution in [-0.2, 0) is 16.1 Å². The van der Waals surface area contributed by atoms with E-state index in [0.717, 1.165) is 0 Å². The lowest BCUT2D eigenvalue weighted by Gasteiger charge is -2.19. The van der Waals surface area contributed by atoms with Crippen molar-refractivity contribution in [1.29, 1.82) is 0 Å². The molecule has 0 saturated carbocycles. The van der Waals surface area contributed by atoms with Gasteiger partial charge in [-0.2, -0.15) is 0 Å². The molecular weight excluding hydrogens is 290 g/mol. The Morgan fingerprint density at radius 1 is 1.41 bits per heavy atom. The van der Waals surface area contributed by atoms with Gasteiger partial charge in [-0.15, -0.1) is 5.10 Å². The average Bonchev–Trinajstić information content (AvgIpc) is 2.91. The lowest BCUT2D eigenvalue weighted by molar-refractivity contribution is -0.140. The Balaban J connectivity index is 2.76. The minimum Gasteiger partial charge on any atom is -0.480 e. The van der Waals surface area contributed by atoms with Gasteiger partial charge in [0.15, 0.2) is 5.69 Å². The van der Waals surface area contributed by atoms with Crippen LogP contribution in [-0.4, -0.2) is 62.9 Å². The number of carbonyl (C=O) groups is 3. The van der Waals surface area contributed by atoms with E-state index < -0.39 is 17.9 Å². The molecule has 0 radical (unpaired) electrons. The van der Waals surface area contributed by atoms with E-state index in [4.69, 9.17) is 5.11 Å². The van der Waals surface area contributed by atoms with Gasteiger partial charge < -0.3 is 15.3 Å². The highest BCUT2D eigenvalue weighted by Crippen LogP contribution is 2.08. The summed E-state index contributed by atoms with van der Waals surface area (Å²) < 4.78 is 1.23. The van der Waals surface area contributed by atoms with Crippen molar-refractivity contribution in [3.63, 3.8) is 0 Å². The molecule has 9 heteroatoms. The molecule has 0 bridgehead atoms. The quantitative estimate of drug-likeness (QED) is 0.707. The smallest absolute Gasteiger partial charge is 0.326 e. The van der Waals surface area contributed by atoms with Crippen LogP contribution < -0.4 is 5.32 Å². The lowest BCUT2D eigenvalue weighted by Crippen LogP contribution is -2.45. The second-order valence-electron chi connectivity index (χ2n) is 5.26. The molecule has 0 aliphatic rings. The molecular formula is C13H21N5O4. The summed E-state index contributed by atoms with van der Waals surface area (Å²) in [5.41, 5.74) is -0.0268. The number of hydrogen-bond acceptors (Lipinski definition) is 5. The van der Waals surface area contributed by atoms with Gasteiger partial charge in [0.1, 0.15) is 12.6 Å². The first-order chi connectivity index (χ1) is 10.3. The maximum absolute atomic E-state index is 12.0. The number of carboxylic acid groups (broad SMARTS) is 1. The number of carbonyl (C=O) groups excluding carboxylic acids is 2. The zero-order valence-electron chi connectivity index (χ0n) is 13.1. The number of nitrogens with one attached hydrogen (secondary N) is 1. The van der Waals surface area contributed by atoms with E-state index in [9.17, 15) is 14.4 Å². The second kappa shape index (κ2) is 7.53. The van der Waals surface area contributed by atoms with E-state index in [0.29, 0.717) is 6.42 Å². The molecule has 0 aliphatic carbocycles. The number of amides is 2. The summed E-state index contributed by atoms with van der Waals surface area (Å²) in [5, 5.41) is 18.9. The van der Waals surface area contributed by atoms with Crippen molar-refractivity contribution in [2.45, 2.75) is 32.9 Å². The van der Waals surface area contributed by atoms with E-state index >= 15 is 0 Å². The van der Waals surface area contributed by atoms with E-state index in [1.165, 1.54) is 15.8 Å². The van der Waals surface area contributed by atoms with Gasteiger partial charge in [0.25, 0.3) is 5.91 Å². The maximum Gasteiger partial charge on any atom is 0.326 e. The number of nitrogens with zero attached hydrogens (tertiary/aromatic N) is 4. The first-order valence-electron chi connectivity index (χ1n) is 6.90. The molecule has 2 N–H and O–H groups in total. The molecule has 0 fully saturated rings. The summed E-state index contributed by atoms with van der Waals surface area (Å²) in [5.74, 6) is -2.14. The topological polar surface area (TPSA) is 117 Å². The highest BCUT2D eigenvalue weighted by molar-refractivity contribution is 5.94. The molecule has 9 nitrogen and oxygen atoms in total. The zero-order valence-corrected chi connectivity index (χ0v) is 13.1. The summed E-state index contributed by atoms with van der Waals surface area (Å²) in [6, 6.07) is -0.994. The SMILES string of the molecule is CCC(C)C(NC(=O)c1cn(CC(=O)N(C)C)nn1)C(=O)O. The summed E-state index contributed by atoms with van der Waals surface area (Å²) in [6.07, 6.45) is 1.92. The van der Waals surface area contributed by atoms with Crippen molar-refractivity contribution in [2.75, 3.05) is 14.1 Å². The van der Waals surface area contributed by atoms with Crippen LogP contribution in [0.1, 0.15) is 30.8 Å². The normalized spacial score (nSPS) is 13.3. The summed E-state index contributed by atoms with van der Waals surface area (Å²) >= 11 is 0. The molecule has 0 saturated heterocycles. The van der Waals surface area contributed by atoms with Gasteiger partial charge in [-0.05, 0) is 5.92 Å². The molecule has 2 atom stereocenters. The molecule has 2 unspecified atom stereocenters. The van der Waals surface area contributed by atoms with Crippen LogP contribution in [0.5, 0.6) is 0 Å². The number of aliphatic carboxylic acids is 1. The Hall–Kier alpha value is -2.45. The number of carboxylic acids is 1. The standard InChI is InChI=1S/C13H21N5O4/c1-5-8(2)11(13(21)22)14-12(20)9-6-18(16-15-9)7-10(19)17(3)4/h6,8,11H,5,7H2,1-4H3,(H,14,20)(H,21,22). The third kappa shape index (κ3) is 4.54. The molecule has 0 spiro atoms. The molecule has 22 heavy (non-hydrogen) atoms. The highest BCUT2D eigenvalue weighted by Gasteiger charge is 2.26. The first kappa shape index (κ1) is 17.6. The molecule has 1 rings (SSSR count). The number of aromatic nitrogens is 3. The number of likely N-dealkylation sites (N-methyl/N-ethyl adjacent to an activating group) is 1. The third-order valence-electron chi connectivity index (χ3n) is 3.33. The van der Waals surface area contributed by atoms with E-state index in [1.54, 1.807) is 21.0 Å². The fourth-order valence-electron chi connectivity index (χ4n) is 1.66. The Morgan fingerprint density at radius 2 is 2.05 bits per heavy atom. The van der Waals surface area contributed by atoms with Crippen LogP contribution in [0.4, 0.5) is 0 Å². The molecule has 1 aromatic heterocycles. The van der Waals surface area contributed by atoms with E-state index in [2.05, 4.69) is 15.6 Å². The van der Waals surface area contributed by atoms with Crippen molar-refractivity contribution >= 4 is 17.8 Å². The lowest BCUT2D eigenvalue weighted by atomic mass is 9.99. The summed E-state index contributed by atoms with van der Waals surface area (Å²) in [4.78, 5) is 36.2. The molecule has 122 valence electrons. The molecule has 0 aliphatic heterocycles. The Kier molecular flexibility index (Phi) is 6.02. The van der Waals surface area contributed by atoms with Crippen LogP contribution in [0.2, 0.25) is 0 Å². The minimum absolute atomic E-state index is 0.0268. The minimum atomic E-state index is -1.10. The summed E-state index contributed by atoms with van der Waals surface area (Å²) in [7, 11) is 3.22. The van der Waals surface area contributed by atoms with Crippen molar-refractivity contribution in [1.82, 2.24) is 25.2 Å². The van der Waals surface area contributed by atoms with Crippen LogP contribution in [0.25, 0.3) is 0 Å². The van der Waals surface area contributed by atoms with Crippen molar-refractivity contribution in [3.8, 4) is 0 Å². The first-order valence-corrected chi connectivity index (χ1v) is 6.90. The monoisotopic (exact) mass is 311 g/mol. The molecule has 1 aromatic rings. The third-order valence-corrected chi connectivity index (χ3v) is 3.33. The molecule has 1 heterocycles. The number of rotatable bonds is 7. The second-order valence-corrected chi connectivity index (χ2v) is 5.26. The van der Waals surface area contributed by atoms with Crippen LogP contribution in [0.3, 0.4) is 0 Å². The Bertz CT molecular complexity index is 554. The fraction of sp³-hybridized carbons (Fsp3) is 0.615. The van der Waals surface area contributed by atoms with E-state index in [-0.39, 0.29) is 24.1 Å². The van der Waals surface area contributed by atoms with Gasteiger partial charge >= 0.3 is 5.97 Å². The van der Waals surface area contributed by atoms with Gasteiger partial charge in [-0.1, -0.05) is 25.5 Å². The van der Waals surface area contributed by atoms with Gasteiger partial charge in [0, 0.05) is 14.1 Å². The van der Waals surface area contributed by atoms with Crippen LogP contribution in [0, 0.1) is 5.92 Å². The molecule has 2 amide bonds. The molecule has 0 aromatic carbocycles. The van der Waals surface area contributed by atoms with Crippen molar-refractivity contribution in [2.24, 2.45) is 5.92 Å². The average molecular weight is 311 g/mol. The Morgan fingerprint density at radius 3 is 2.55 bits per heavy atom. The number of hydrogen-bond donors (Lipinski definition) is 2.